The third kappa shape index (κ3) is 3.23. The molecule has 2 fully saturated rings. The number of fused-ring (bicyclic) bond motifs is 1. The summed E-state index contributed by atoms with van der Waals surface area (Å²) in [5.74, 6) is 0.0487. The number of rotatable bonds is 1. The van der Waals surface area contributed by atoms with Gasteiger partial charge in [-0.2, -0.15) is 0 Å². The lowest BCUT2D eigenvalue weighted by Gasteiger charge is -2.45. The summed E-state index contributed by atoms with van der Waals surface area (Å²) in [5, 5.41) is 0. The zero-order valence-corrected chi connectivity index (χ0v) is 12.7. The molecule has 0 radical (unpaired) electrons. The summed E-state index contributed by atoms with van der Waals surface area (Å²) in [6, 6.07) is -0.0495. The molecule has 0 spiro atoms. The first-order valence-corrected chi connectivity index (χ1v) is 7.22. The predicted octanol–water partition coefficient (Wildman–Crippen LogP) is 1.24. The fraction of sp³-hybridized carbons (Fsp3) is 0.857. The molecule has 20 heavy (non-hydrogen) atoms. The van der Waals surface area contributed by atoms with Gasteiger partial charge in [-0.15, -0.1) is 0 Å². The Bertz CT molecular complexity index is 391. The van der Waals surface area contributed by atoms with E-state index >= 15 is 0 Å². The first-order valence-electron chi connectivity index (χ1n) is 7.22. The Morgan fingerprint density at radius 3 is 2.70 bits per heavy atom. The fourth-order valence-corrected chi connectivity index (χ4v) is 2.56. The maximum atomic E-state index is 12.2. The number of amides is 2. The van der Waals surface area contributed by atoms with Crippen LogP contribution in [0.4, 0.5) is 4.79 Å². The van der Waals surface area contributed by atoms with Crippen molar-refractivity contribution in [2.45, 2.75) is 51.9 Å². The Kier molecular flexibility index (Phi) is 4.22. The lowest BCUT2D eigenvalue weighted by molar-refractivity contribution is -0.164. The van der Waals surface area contributed by atoms with E-state index in [0.29, 0.717) is 32.7 Å². The van der Waals surface area contributed by atoms with Crippen LogP contribution in [-0.4, -0.2) is 65.8 Å². The molecule has 2 unspecified atom stereocenters. The van der Waals surface area contributed by atoms with Crippen LogP contribution in [0.3, 0.4) is 0 Å². The van der Waals surface area contributed by atoms with E-state index in [0.717, 1.165) is 0 Å². The van der Waals surface area contributed by atoms with E-state index in [-0.39, 0.29) is 24.1 Å². The van der Waals surface area contributed by atoms with Crippen molar-refractivity contribution in [2.75, 3.05) is 26.2 Å². The molecule has 2 rings (SSSR count). The van der Waals surface area contributed by atoms with E-state index in [1.807, 2.05) is 32.6 Å². The van der Waals surface area contributed by atoms with Crippen LogP contribution in [0.15, 0.2) is 0 Å². The number of ether oxygens (including phenoxy) is 2. The number of carbonyl (C=O) groups is 2. The fourth-order valence-electron chi connectivity index (χ4n) is 2.56. The largest absolute Gasteiger partial charge is 0.444 e. The zero-order chi connectivity index (χ0) is 14.9. The van der Waals surface area contributed by atoms with Crippen molar-refractivity contribution < 1.29 is 19.1 Å². The second-order valence-electron chi connectivity index (χ2n) is 6.34. The highest BCUT2D eigenvalue weighted by Crippen LogP contribution is 2.21. The molecule has 2 saturated heterocycles. The van der Waals surface area contributed by atoms with Gasteiger partial charge >= 0.3 is 6.09 Å². The number of morpholine rings is 1. The number of hydrogen-bond donors (Lipinski definition) is 0. The molecule has 6 heteroatoms. The second kappa shape index (κ2) is 5.60. The predicted molar refractivity (Wildman–Crippen MR) is 73.3 cm³/mol. The van der Waals surface area contributed by atoms with Crippen LogP contribution in [0.5, 0.6) is 0 Å². The molecule has 2 aliphatic rings. The van der Waals surface area contributed by atoms with E-state index in [2.05, 4.69) is 0 Å². The maximum Gasteiger partial charge on any atom is 0.410 e. The minimum Gasteiger partial charge on any atom is -0.444 e. The van der Waals surface area contributed by atoms with E-state index in [1.165, 1.54) is 0 Å². The van der Waals surface area contributed by atoms with Crippen LogP contribution < -0.4 is 0 Å². The molecule has 0 aromatic heterocycles. The summed E-state index contributed by atoms with van der Waals surface area (Å²) in [5.41, 5.74) is -0.500. The van der Waals surface area contributed by atoms with E-state index in [4.69, 9.17) is 9.47 Å². The van der Waals surface area contributed by atoms with Crippen molar-refractivity contribution >= 4 is 12.0 Å². The van der Waals surface area contributed by atoms with E-state index in [9.17, 15) is 9.59 Å². The van der Waals surface area contributed by atoms with Gasteiger partial charge in [0.25, 0.3) is 5.91 Å². The number of piperazine rings is 1. The molecule has 0 bridgehead atoms. The first kappa shape index (κ1) is 15.1. The summed E-state index contributed by atoms with van der Waals surface area (Å²) >= 11 is 0. The van der Waals surface area contributed by atoms with Gasteiger partial charge < -0.3 is 19.3 Å². The SMILES string of the molecule is CCC1OCC2CN(C(=O)OC(C)(C)C)CCN2C1=O. The third-order valence-corrected chi connectivity index (χ3v) is 3.55. The van der Waals surface area contributed by atoms with Gasteiger partial charge in [0.2, 0.25) is 0 Å². The molecule has 0 N–H and O–H groups in total. The molecule has 0 saturated carbocycles. The maximum absolute atomic E-state index is 12.2. The molecule has 0 aliphatic carbocycles. The van der Waals surface area contributed by atoms with Crippen LogP contribution >= 0.6 is 0 Å². The molecule has 2 amide bonds. The lowest BCUT2D eigenvalue weighted by Crippen LogP contribution is -2.63. The van der Waals surface area contributed by atoms with Crippen LogP contribution in [0.1, 0.15) is 34.1 Å². The van der Waals surface area contributed by atoms with Crippen LogP contribution in [0.25, 0.3) is 0 Å². The van der Waals surface area contributed by atoms with Crippen molar-refractivity contribution in [3.05, 3.63) is 0 Å². The minimum atomic E-state index is -0.500. The molecule has 2 atom stereocenters. The second-order valence-corrected chi connectivity index (χ2v) is 6.34. The topological polar surface area (TPSA) is 59.1 Å². The van der Waals surface area contributed by atoms with Gasteiger partial charge in [-0.3, -0.25) is 4.79 Å². The molecule has 6 nitrogen and oxygen atoms in total. The van der Waals surface area contributed by atoms with Crippen molar-refractivity contribution in [3.8, 4) is 0 Å². The highest BCUT2D eigenvalue weighted by Gasteiger charge is 2.40. The summed E-state index contributed by atoms with van der Waals surface area (Å²) in [6.07, 6.45) is 0.0548. The van der Waals surface area contributed by atoms with E-state index in [1.54, 1.807) is 4.90 Å². The Hall–Kier alpha value is -1.30. The lowest BCUT2D eigenvalue weighted by atomic mass is 10.1. The van der Waals surface area contributed by atoms with Gasteiger partial charge in [0, 0.05) is 19.6 Å². The Morgan fingerprint density at radius 2 is 2.10 bits per heavy atom. The smallest absolute Gasteiger partial charge is 0.410 e. The monoisotopic (exact) mass is 284 g/mol. The van der Waals surface area contributed by atoms with Crippen LogP contribution in [0, 0.1) is 0 Å². The highest BCUT2D eigenvalue weighted by molar-refractivity contribution is 5.82. The minimum absolute atomic E-state index is 0.0487. The van der Waals surface area contributed by atoms with E-state index < -0.39 is 5.60 Å². The van der Waals surface area contributed by atoms with Gasteiger partial charge in [-0.05, 0) is 27.2 Å². The Labute approximate surface area is 120 Å². The van der Waals surface area contributed by atoms with Crippen LogP contribution in [-0.2, 0) is 14.3 Å². The molecule has 0 aromatic rings. The van der Waals surface area contributed by atoms with Gasteiger partial charge in [-0.25, -0.2) is 4.79 Å². The Balaban J connectivity index is 1.96. The van der Waals surface area contributed by atoms with Crippen molar-refractivity contribution in [1.29, 1.82) is 0 Å². The van der Waals surface area contributed by atoms with Gasteiger partial charge in [0.1, 0.15) is 11.7 Å². The van der Waals surface area contributed by atoms with Crippen LogP contribution in [0.2, 0.25) is 0 Å². The first-order chi connectivity index (χ1) is 9.31. The van der Waals surface area contributed by atoms with Crippen molar-refractivity contribution in [3.63, 3.8) is 0 Å². The summed E-state index contributed by atoms with van der Waals surface area (Å²) < 4.78 is 10.9. The average Bonchev–Trinajstić information content (AvgIpc) is 2.37. The summed E-state index contributed by atoms with van der Waals surface area (Å²) in [6.45, 7) is 9.54. The molecule has 2 aliphatic heterocycles. The van der Waals surface area contributed by atoms with Crippen molar-refractivity contribution in [1.82, 2.24) is 9.80 Å². The zero-order valence-electron chi connectivity index (χ0n) is 12.7. The standard InChI is InChI=1S/C14H24N2O4/c1-5-11-12(17)16-7-6-15(8-10(16)9-19-11)13(18)20-14(2,3)4/h10-11H,5-9H2,1-4H3. The molecular formula is C14H24N2O4. The summed E-state index contributed by atoms with van der Waals surface area (Å²) in [7, 11) is 0. The summed E-state index contributed by atoms with van der Waals surface area (Å²) in [4.78, 5) is 27.7. The van der Waals surface area contributed by atoms with Crippen molar-refractivity contribution in [2.24, 2.45) is 0 Å². The molecular weight excluding hydrogens is 260 g/mol. The Morgan fingerprint density at radius 1 is 1.40 bits per heavy atom. The van der Waals surface area contributed by atoms with Gasteiger partial charge in [-0.1, -0.05) is 6.92 Å². The normalized spacial score (nSPS) is 27.3. The van der Waals surface area contributed by atoms with Gasteiger partial charge in [0.15, 0.2) is 0 Å². The number of hydrogen-bond acceptors (Lipinski definition) is 4. The average molecular weight is 284 g/mol. The molecule has 2 heterocycles. The highest BCUT2D eigenvalue weighted by atomic mass is 16.6. The third-order valence-electron chi connectivity index (χ3n) is 3.55. The molecule has 0 aromatic carbocycles. The number of nitrogens with zero attached hydrogens (tertiary/aromatic N) is 2. The quantitative estimate of drug-likeness (QED) is 0.727. The number of carbonyl (C=O) groups excluding carboxylic acids is 2. The molecule has 114 valence electrons. The van der Waals surface area contributed by atoms with Gasteiger partial charge in [0.05, 0.1) is 12.6 Å².